The lowest BCUT2D eigenvalue weighted by Gasteiger charge is -2.10. The van der Waals surface area contributed by atoms with E-state index in [4.69, 9.17) is 4.74 Å². The number of ether oxygens (including phenoxy) is 1. The van der Waals surface area contributed by atoms with Gasteiger partial charge in [-0.1, -0.05) is 12.1 Å². The fraction of sp³-hybridized carbons (Fsp3) is 0.562. The van der Waals surface area contributed by atoms with E-state index in [1.165, 1.54) is 18.4 Å². The lowest BCUT2D eigenvalue weighted by Crippen LogP contribution is -2.30. The molecule has 1 aliphatic heterocycles. The summed E-state index contributed by atoms with van der Waals surface area (Å²) >= 11 is 0. The van der Waals surface area contributed by atoms with E-state index in [-0.39, 0.29) is 5.91 Å². The molecule has 0 saturated carbocycles. The molecule has 1 aliphatic rings. The molecule has 0 bridgehead atoms. The maximum atomic E-state index is 11.8. The summed E-state index contributed by atoms with van der Waals surface area (Å²) in [6, 6.07) is 8.47. The van der Waals surface area contributed by atoms with E-state index in [9.17, 15) is 4.79 Å². The predicted octanol–water partition coefficient (Wildman–Crippen LogP) is 1.89. The molecule has 0 unspecified atom stereocenters. The van der Waals surface area contributed by atoms with Gasteiger partial charge >= 0.3 is 0 Å². The van der Waals surface area contributed by atoms with Crippen LogP contribution in [0.25, 0.3) is 0 Å². The molecule has 2 rings (SSSR count). The molecule has 1 aromatic carbocycles. The Morgan fingerprint density at radius 1 is 1.40 bits per heavy atom. The predicted molar refractivity (Wildman–Crippen MR) is 80.0 cm³/mol. The zero-order chi connectivity index (χ0) is 14.2. The Morgan fingerprint density at radius 2 is 2.20 bits per heavy atom. The average Bonchev–Trinajstić information content (AvgIpc) is 2.99. The van der Waals surface area contributed by atoms with Crippen molar-refractivity contribution in [2.75, 3.05) is 20.2 Å². The molecule has 1 fully saturated rings. The quantitative estimate of drug-likeness (QED) is 0.799. The summed E-state index contributed by atoms with van der Waals surface area (Å²) in [5.74, 6) is 0.987. The highest BCUT2D eigenvalue weighted by atomic mass is 16.5. The first-order valence-electron chi connectivity index (χ1n) is 7.41. The van der Waals surface area contributed by atoms with E-state index < -0.39 is 0 Å². The number of amides is 1. The molecule has 20 heavy (non-hydrogen) atoms. The summed E-state index contributed by atoms with van der Waals surface area (Å²) in [6.07, 6.45) is 4.86. The van der Waals surface area contributed by atoms with Crippen LogP contribution in [0, 0.1) is 0 Å². The van der Waals surface area contributed by atoms with Crippen LogP contribution in [0.3, 0.4) is 0 Å². The van der Waals surface area contributed by atoms with Crippen LogP contribution in [0.1, 0.15) is 31.2 Å². The Bertz CT molecular complexity index is 411. The topological polar surface area (TPSA) is 50.4 Å². The highest BCUT2D eigenvalue weighted by molar-refractivity contribution is 5.76. The first-order valence-corrected chi connectivity index (χ1v) is 7.41. The number of carbonyl (C=O) groups excluding carboxylic acids is 1. The van der Waals surface area contributed by atoms with Gasteiger partial charge in [0.05, 0.1) is 7.11 Å². The Kier molecular flexibility index (Phi) is 5.87. The van der Waals surface area contributed by atoms with Gasteiger partial charge in [-0.2, -0.15) is 0 Å². The number of methoxy groups -OCH3 is 1. The minimum Gasteiger partial charge on any atom is -0.497 e. The van der Waals surface area contributed by atoms with Crippen molar-refractivity contribution in [3.8, 4) is 5.75 Å². The van der Waals surface area contributed by atoms with Crippen molar-refractivity contribution in [1.82, 2.24) is 10.6 Å². The third kappa shape index (κ3) is 4.85. The molecule has 0 aliphatic carbocycles. The van der Waals surface area contributed by atoms with Crippen LogP contribution < -0.4 is 15.4 Å². The first-order chi connectivity index (χ1) is 9.78. The van der Waals surface area contributed by atoms with Crippen LogP contribution in [0.2, 0.25) is 0 Å². The van der Waals surface area contributed by atoms with Crippen LogP contribution in [0.15, 0.2) is 24.3 Å². The van der Waals surface area contributed by atoms with E-state index in [1.807, 2.05) is 24.3 Å². The van der Waals surface area contributed by atoms with Gasteiger partial charge in [-0.05, 0) is 49.9 Å². The number of rotatable bonds is 7. The van der Waals surface area contributed by atoms with Crippen molar-refractivity contribution >= 4 is 5.91 Å². The molecule has 1 atom stereocenters. The minimum atomic E-state index is 0.138. The van der Waals surface area contributed by atoms with Gasteiger partial charge < -0.3 is 15.4 Å². The third-order valence-corrected chi connectivity index (χ3v) is 3.78. The van der Waals surface area contributed by atoms with Crippen LogP contribution in [-0.2, 0) is 11.2 Å². The fourth-order valence-electron chi connectivity index (χ4n) is 2.53. The van der Waals surface area contributed by atoms with Crippen molar-refractivity contribution < 1.29 is 9.53 Å². The van der Waals surface area contributed by atoms with Gasteiger partial charge in [-0.25, -0.2) is 0 Å². The summed E-state index contributed by atoms with van der Waals surface area (Å²) in [5.41, 5.74) is 1.17. The van der Waals surface area contributed by atoms with Gasteiger partial charge in [0, 0.05) is 19.0 Å². The molecule has 110 valence electrons. The molecular weight excluding hydrogens is 252 g/mol. The maximum Gasteiger partial charge on any atom is 0.220 e. The average molecular weight is 276 g/mol. The Hall–Kier alpha value is -1.55. The maximum absolute atomic E-state index is 11.8. The number of hydrogen-bond acceptors (Lipinski definition) is 3. The second-order valence-corrected chi connectivity index (χ2v) is 5.28. The lowest BCUT2D eigenvalue weighted by molar-refractivity contribution is -0.121. The molecule has 1 aromatic rings. The molecule has 1 saturated heterocycles. The van der Waals surface area contributed by atoms with E-state index in [0.29, 0.717) is 12.5 Å². The van der Waals surface area contributed by atoms with Gasteiger partial charge in [0.25, 0.3) is 0 Å². The third-order valence-electron chi connectivity index (χ3n) is 3.78. The SMILES string of the molecule is COc1ccc(CCC(=O)NCC[C@H]2CCCN2)cc1. The zero-order valence-electron chi connectivity index (χ0n) is 12.2. The van der Waals surface area contributed by atoms with Crippen molar-refractivity contribution in [1.29, 1.82) is 0 Å². The lowest BCUT2D eigenvalue weighted by atomic mass is 10.1. The zero-order valence-corrected chi connectivity index (χ0v) is 12.2. The summed E-state index contributed by atoms with van der Waals surface area (Å²) < 4.78 is 5.11. The number of aryl methyl sites for hydroxylation is 1. The van der Waals surface area contributed by atoms with Gasteiger partial charge in [-0.3, -0.25) is 4.79 Å². The van der Waals surface area contributed by atoms with Crippen LogP contribution in [0.4, 0.5) is 0 Å². The van der Waals surface area contributed by atoms with Crippen molar-refractivity contribution in [3.05, 3.63) is 29.8 Å². The number of benzene rings is 1. The van der Waals surface area contributed by atoms with Crippen molar-refractivity contribution in [3.63, 3.8) is 0 Å². The molecule has 1 amide bonds. The second-order valence-electron chi connectivity index (χ2n) is 5.28. The molecule has 0 spiro atoms. The van der Waals surface area contributed by atoms with Crippen molar-refractivity contribution in [2.45, 2.75) is 38.1 Å². The highest BCUT2D eigenvalue weighted by Crippen LogP contribution is 2.12. The monoisotopic (exact) mass is 276 g/mol. The number of hydrogen-bond donors (Lipinski definition) is 2. The molecule has 4 nitrogen and oxygen atoms in total. The number of carbonyl (C=O) groups is 1. The molecule has 0 radical (unpaired) electrons. The standard InChI is InChI=1S/C16H24N2O2/c1-20-15-7-4-13(5-8-15)6-9-16(19)18-12-10-14-3-2-11-17-14/h4-5,7-8,14,17H,2-3,6,9-12H2,1H3,(H,18,19)/t14-/m1/s1. The molecule has 2 N–H and O–H groups in total. The van der Waals surface area contributed by atoms with Gasteiger partial charge in [0.15, 0.2) is 0 Å². The van der Waals surface area contributed by atoms with Crippen LogP contribution in [0.5, 0.6) is 5.75 Å². The number of nitrogens with one attached hydrogen (secondary N) is 2. The second kappa shape index (κ2) is 7.90. The normalized spacial score (nSPS) is 17.9. The van der Waals surface area contributed by atoms with Crippen LogP contribution >= 0.6 is 0 Å². The van der Waals surface area contributed by atoms with E-state index in [1.54, 1.807) is 7.11 Å². The molecular formula is C16H24N2O2. The van der Waals surface area contributed by atoms with Gasteiger partial charge in [0.1, 0.15) is 5.75 Å². The van der Waals surface area contributed by atoms with Gasteiger partial charge in [0.2, 0.25) is 5.91 Å². The Labute approximate surface area is 120 Å². The summed E-state index contributed by atoms with van der Waals surface area (Å²) in [6.45, 7) is 1.90. The summed E-state index contributed by atoms with van der Waals surface area (Å²) in [7, 11) is 1.65. The highest BCUT2D eigenvalue weighted by Gasteiger charge is 2.13. The van der Waals surface area contributed by atoms with Crippen LogP contribution in [-0.4, -0.2) is 32.1 Å². The summed E-state index contributed by atoms with van der Waals surface area (Å²) in [5, 5.41) is 6.43. The summed E-state index contributed by atoms with van der Waals surface area (Å²) in [4.78, 5) is 11.8. The molecule has 0 aromatic heterocycles. The first kappa shape index (κ1) is 14.9. The van der Waals surface area contributed by atoms with Gasteiger partial charge in [-0.15, -0.1) is 0 Å². The Morgan fingerprint density at radius 3 is 2.85 bits per heavy atom. The van der Waals surface area contributed by atoms with E-state index >= 15 is 0 Å². The fourth-order valence-corrected chi connectivity index (χ4v) is 2.53. The minimum absolute atomic E-state index is 0.138. The largest absolute Gasteiger partial charge is 0.497 e. The smallest absolute Gasteiger partial charge is 0.220 e. The van der Waals surface area contributed by atoms with E-state index in [2.05, 4.69) is 10.6 Å². The molecule has 1 heterocycles. The van der Waals surface area contributed by atoms with E-state index in [0.717, 1.165) is 31.7 Å². The molecule has 4 heteroatoms. The Balaban J connectivity index is 1.61. The van der Waals surface area contributed by atoms with Crippen molar-refractivity contribution in [2.24, 2.45) is 0 Å².